The van der Waals surface area contributed by atoms with E-state index in [1.165, 1.54) is 128 Å². The second-order valence-electron chi connectivity index (χ2n) is 18.9. The number of allylic oxidation sites excluding steroid dienone is 13. The second-order valence-corrected chi connectivity index (χ2v) is 18.9. The van der Waals surface area contributed by atoms with Gasteiger partial charge < -0.3 is 15.3 Å². The number of unbranched alkanes of at least 4 members (excludes halogenated alkanes) is 21. The predicted molar refractivity (Wildman–Crippen MR) is 284 cm³/mol. The lowest BCUT2D eigenvalue weighted by atomic mass is 9.89. The highest BCUT2D eigenvalue weighted by molar-refractivity contribution is 5.69. The van der Waals surface area contributed by atoms with Crippen LogP contribution in [0, 0.1) is 11.8 Å². The Morgan fingerprint density at radius 3 is 1.25 bits per heavy atom. The topological polar surface area (TPSA) is 94.8 Å². The van der Waals surface area contributed by atoms with Gasteiger partial charge in [-0.15, -0.1) is 0 Å². The van der Waals surface area contributed by atoms with Crippen LogP contribution < -0.4 is 0 Å². The van der Waals surface area contributed by atoms with E-state index in [1.807, 2.05) is 6.08 Å². The van der Waals surface area contributed by atoms with E-state index >= 15 is 0 Å². The van der Waals surface area contributed by atoms with Crippen molar-refractivity contribution in [2.75, 3.05) is 0 Å². The molecule has 3 unspecified atom stereocenters. The number of carboxylic acids is 2. The fourth-order valence-corrected chi connectivity index (χ4v) is 8.48. The van der Waals surface area contributed by atoms with Crippen molar-refractivity contribution < 1.29 is 24.9 Å². The molecular formula is C60H104O5. The first kappa shape index (κ1) is 62.1. The molecule has 0 aromatic rings. The third-order valence-corrected chi connectivity index (χ3v) is 12.7. The Balaban J connectivity index is 4.56. The lowest BCUT2D eigenvalue weighted by Gasteiger charge is -2.17. The number of hydrogen-bond donors (Lipinski definition) is 3. The summed E-state index contributed by atoms with van der Waals surface area (Å²) >= 11 is 0. The first-order valence-electron chi connectivity index (χ1n) is 27.6. The van der Waals surface area contributed by atoms with Crippen molar-refractivity contribution in [3.8, 4) is 0 Å². The van der Waals surface area contributed by atoms with E-state index < -0.39 is 11.9 Å². The molecule has 3 N–H and O–H groups in total. The van der Waals surface area contributed by atoms with E-state index in [0.29, 0.717) is 12.3 Å². The van der Waals surface area contributed by atoms with Crippen LogP contribution in [0.3, 0.4) is 0 Å². The van der Waals surface area contributed by atoms with Gasteiger partial charge in [0.1, 0.15) is 0 Å². The SMILES string of the molecule is CCCCCCCC/C=C\CCCCCCCC(CC/C=C\C/C=C\C/C=C\C(O)CCCCCCC)CCCCC(CC/C=C\C/C=C\C/C=C\CCCCCCCC(=O)O)C(=O)O. The van der Waals surface area contributed by atoms with E-state index in [1.54, 1.807) is 0 Å². The average Bonchev–Trinajstić information content (AvgIpc) is 3.29. The highest BCUT2D eigenvalue weighted by Gasteiger charge is 2.16. The zero-order chi connectivity index (χ0) is 47.4. The summed E-state index contributed by atoms with van der Waals surface area (Å²) in [7, 11) is 0. The number of rotatable bonds is 50. The Morgan fingerprint density at radius 2 is 0.738 bits per heavy atom. The Bertz CT molecular complexity index is 1240. The molecule has 0 aliphatic carbocycles. The van der Waals surface area contributed by atoms with Gasteiger partial charge in [0.05, 0.1) is 12.0 Å². The molecular weight excluding hydrogens is 801 g/mol. The number of carbonyl (C=O) groups is 2. The maximum Gasteiger partial charge on any atom is 0.306 e. The van der Waals surface area contributed by atoms with E-state index in [0.717, 1.165) is 109 Å². The molecule has 5 nitrogen and oxygen atoms in total. The van der Waals surface area contributed by atoms with Crippen molar-refractivity contribution in [3.63, 3.8) is 0 Å². The van der Waals surface area contributed by atoms with Gasteiger partial charge in [-0.25, -0.2) is 0 Å². The van der Waals surface area contributed by atoms with E-state index in [2.05, 4.69) is 92.8 Å². The molecule has 0 bridgehead atoms. The molecule has 0 radical (unpaired) electrons. The molecule has 0 saturated heterocycles. The van der Waals surface area contributed by atoms with E-state index in [-0.39, 0.29) is 18.4 Å². The van der Waals surface area contributed by atoms with E-state index in [9.17, 15) is 19.8 Å². The highest BCUT2D eigenvalue weighted by atomic mass is 16.4. The van der Waals surface area contributed by atoms with Gasteiger partial charge in [-0.2, -0.15) is 0 Å². The third kappa shape index (κ3) is 50.3. The summed E-state index contributed by atoms with van der Waals surface area (Å²) in [6, 6.07) is 0. The van der Waals surface area contributed by atoms with Gasteiger partial charge in [-0.1, -0.05) is 234 Å². The molecule has 3 atom stereocenters. The van der Waals surface area contributed by atoms with Crippen LogP contribution in [0.15, 0.2) is 85.1 Å². The molecule has 374 valence electrons. The Hall–Kier alpha value is -2.92. The van der Waals surface area contributed by atoms with Crippen molar-refractivity contribution in [1.82, 2.24) is 0 Å². The fraction of sp³-hybridized carbons (Fsp3) is 0.733. The zero-order valence-corrected chi connectivity index (χ0v) is 42.6. The quantitative estimate of drug-likeness (QED) is 0.0418. The minimum absolute atomic E-state index is 0.259. The third-order valence-electron chi connectivity index (χ3n) is 12.7. The predicted octanol–water partition coefficient (Wildman–Crippen LogP) is 18.9. The molecule has 0 aliphatic heterocycles. The largest absolute Gasteiger partial charge is 0.481 e. The number of aliphatic hydroxyl groups excluding tert-OH is 1. The van der Waals surface area contributed by atoms with Crippen LogP contribution in [0.1, 0.15) is 264 Å². The molecule has 0 aromatic heterocycles. The number of aliphatic carboxylic acids is 2. The maximum atomic E-state index is 12.1. The molecule has 0 aromatic carbocycles. The van der Waals surface area contributed by atoms with Crippen LogP contribution in [0.25, 0.3) is 0 Å². The van der Waals surface area contributed by atoms with Crippen molar-refractivity contribution in [1.29, 1.82) is 0 Å². The minimum Gasteiger partial charge on any atom is -0.481 e. The van der Waals surface area contributed by atoms with Crippen LogP contribution in [-0.4, -0.2) is 33.4 Å². The maximum absolute atomic E-state index is 12.1. The van der Waals surface area contributed by atoms with Gasteiger partial charge in [-0.05, 0) is 115 Å². The number of hydrogen-bond acceptors (Lipinski definition) is 3. The molecule has 0 fully saturated rings. The monoisotopic (exact) mass is 905 g/mol. The lowest BCUT2D eigenvalue weighted by molar-refractivity contribution is -0.142. The molecule has 0 aliphatic rings. The molecule has 0 heterocycles. The molecule has 0 amide bonds. The summed E-state index contributed by atoms with van der Waals surface area (Å²) in [6.45, 7) is 4.51. The molecule has 0 saturated carbocycles. The summed E-state index contributed by atoms with van der Waals surface area (Å²) < 4.78 is 0. The van der Waals surface area contributed by atoms with E-state index in [4.69, 9.17) is 5.11 Å². The van der Waals surface area contributed by atoms with Gasteiger partial charge in [0.15, 0.2) is 0 Å². The van der Waals surface area contributed by atoms with Crippen LogP contribution in [0.4, 0.5) is 0 Å². The zero-order valence-electron chi connectivity index (χ0n) is 42.6. The van der Waals surface area contributed by atoms with Crippen LogP contribution in [-0.2, 0) is 9.59 Å². The highest BCUT2D eigenvalue weighted by Crippen LogP contribution is 2.25. The Labute approximate surface area is 402 Å². The van der Waals surface area contributed by atoms with Gasteiger partial charge in [0, 0.05) is 6.42 Å². The smallest absolute Gasteiger partial charge is 0.306 e. The van der Waals surface area contributed by atoms with Gasteiger partial charge in [0.2, 0.25) is 0 Å². The lowest BCUT2D eigenvalue weighted by Crippen LogP contribution is -2.13. The Morgan fingerprint density at radius 1 is 0.369 bits per heavy atom. The summed E-state index contributed by atoms with van der Waals surface area (Å²) in [5.74, 6) is -0.883. The molecule has 65 heavy (non-hydrogen) atoms. The molecule has 0 spiro atoms. The van der Waals surface area contributed by atoms with Crippen molar-refractivity contribution >= 4 is 11.9 Å². The summed E-state index contributed by atoms with van der Waals surface area (Å²) in [5.41, 5.74) is 0. The first-order chi connectivity index (χ1) is 31.9. The Kier molecular flexibility index (Phi) is 49.7. The first-order valence-corrected chi connectivity index (χ1v) is 27.6. The number of aliphatic hydroxyl groups is 1. The van der Waals surface area contributed by atoms with Crippen molar-refractivity contribution in [2.24, 2.45) is 11.8 Å². The standard InChI is InChI=1S/C60H104O5/c1-3-5-7-9-10-11-12-13-15-18-21-24-29-35-40-48-56(49-41-36-30-27-28-32-38-44-54-58(61)53-43-34-8-6-4-2)50-46-47-52-57(60(64)65)51-42-37-31-25-22-19-16-14-17-20-23-26-33-39-45-55-59(62)63/h13-15,17,19,22,28,30-32,36-37,44,54,56-58,61H,3-12,16,18,20-21,23-27,29,33-35,38-43,45-53,55H2,1-2H3,(H,62,63)(H,64,65)/b15-13-,17-14-,22-19-,32-28-,36-30-,37-31-,54-44-. The van der Waals surface area contributed by atoms with Crippen LogP contribution >= 0.6 is 0 Å². The minimum atomic E-state index is -0.695. The number of carboxylic acid groups (broad SMARTS) is 2. The fourth-order valence-electron chi connectivity index (χ4n) is 8.48. The second kappa shape index (κ2) is 52.1. The van der Waals surface area contributed by atoms with Gasteiger partial charge in [0.25, 0.3) is 0 Å². The van der Waals surface area contributed by atoms with Gasteiger partial charge in [-0.3, -0.25) is 9.59 Å². The van der Waals surface area contributed by atoms with Crippen molar-refractivity contribution in [3.05, 3.63) is 85.1 Å². The molecule has 5 heteroatoms. The van der Waals surface area contributed by atoms with Crippen LogP contribution in [0.5, 0.6) is 0 Å². The van der Waals surface area contributed by atoms with Gasteiger partial charge >= 0.3 is 11.9 Å². The summed E-state index contributed by atoms with van der Waals surface area (Å²) in [6.07, 6.45) is 74.7. The van der Waals surface area contributed by atoms with Crippen LogP contribution in [0.2, 0.25) is 0 Å². The molecule has 0 rings (SSSR count). The summed E-state index contributed by atoms with van der Waals surface area (Å²) in [5, 5.41) is 28.8. The normalized spacial score (nSPS) is 14.0. The van der Waals surface area contributed by atoms with Crippen molar-refractivity contribution in [2.45, 2.75) is 270 Å². The average molecular weight is 905 g/mol. The summed E-state index contributed by atoms with van der Waals surface area (Å²) in [4.78, 5) is 22.7.